The van der Waals surface area contributed by atoms with E-state index in [-0.39, 0.29) is 19.9 Å². The van der Waals surface area contributed by atoms with Gasteiger partial charge in [0.05, 0.1) is 19.5 Å². The first-order valence-electron chi connectivity index (χ1n) is 13.0. The Kier molecular flexibility index (Phi) is 14.1. The van der Waals surface area contributed by atoms with Gasteiger partial charge in [0.15, 0.2) is 17.0 Å². The van der Waals surface area contributed by atoms with E-state index in [1.807, 2.05) is 19.0 Å². The zero-order chi connectivity index (χ0) is 26.9. The van der Waals surface area contributed by atoms with Gasteiger partial charge in [-0.25, -0.2) is 24.5 Å². The molecule has 0 aliphatic carbocycles. The van der Waals surface area contributed by atoms with Crippen molar-refractivity contribution in [2.45, 2.75) is 78.0 Å². The fourth-order valence-electron chi connectivity index (χ4n) is 3.39. The Morgan fingerprint density at radius 2 is 1.43 bits per heavy atom. The summed E-state index contributed by atoms with van der Waals surface area (Å²) in [4.78, 5) is 38.7. The van der Waals surface area contributed by atoms with E-state index >= 15 is 0 Å². The SMILES string of the molecule is CCCCCCOC(=O)OCC(COC(=O)OCCCCCC)OCn1cnc2c(N(C)C)ncnc21. The van der Waals surface area contributed by atoms with Crippen molar-refractivity contribution in [2.24, 2.45) is 0 Å². The molecule has 0 N–H and O–H groups in total. The molecule has 12 heteroatoms. The normalized spacial score (nSPS) is 11.1. The van der Waals surface area contributed by atoms with Crippen molar-refractivity contribution in [2.75, 3.05) is 45.4 Å². The van der Waals surface area contributed by atoms with E-state index in [1.165, 1.54) is 6.33 Å². The van der Waals surface area contributed by atoms with E-state index in [0.29, 0.717) is 30.2 Å². The quantitative estimate of drug-likeness (QED) is 0.199. The standard InChI is InChI=1S/C25H41N5O7/c1-5-7-9-11-13-33-24(31)35-15-20(16-36-25(32)34-14-12-10-8-6-2)37-19-30-18-28-21-22(29(3)4)26-17-27-23(21)30/h17-18,20H,5-16,19H2,1-4H3. The summed E-state index contributed by atoms with van der Waals surface area (Å²) < 4.78 is 28.2. The second kappa shape index (κ2) is 17.3. The van der Waals surface area contributed by atoms with Crippen molar-refractivity contribution in [3.05, 3.63) is 12.7 Å². The van der Waals surface area contributed by atoms with Crippen molar-refractivity contribution in [1.29, 1.82) is 0 Å². The van der Waals surface area contributed by atoms with Crippen molar-refractivity contribution >= 4 is 29.3 Å². The highest BCUT2D eigenvalue weighted by atomic mass is 16.7. The molecule has 12 nitrogen and oxygen atoms in total. The molecule has 37 heavy (non-hydrogen) atoms. The minimum absolute atomic E-state index is 0.0376. The maximum Gasteiger partial charge on any atom is 0.508 e. The first-order valence-corrected chi connectivity index (χ1v) is 13.0. The number of rotatable bonds is 18. The minimum Gasteiger partial charge on any atom is -0.434 e. The van der Waals surface area contributed by atoms with Crippen molar-refractivity contribution in [3.8, 4) is 0 Å². The van der Waals surface area contributed by atoms with E-state index in [0.717, 1.165) is 51.4 Å². The molecule has 0 bridgehead atoms. The predicted molar refractivity (Wildman–Crippen MR) is 137 cm³/mol. The highest BCUT2D eigenvalue weighted by molar-refractivity contribution is 5.82. The van der Waals surface area contributed by atoms with Gasteiger partial charge in [0.2, 0.25) is 0 Å². The zero-order valence-electron chi connectivity index (χ0n) is 22.5. The Labute approximate surface area is 218 Å². The molecule has 2 heterocycles. The molecular weight excluding hydrogens is 482 g/mol. The van der Waals surface area contributed by atoms with E-state index in [9.17, 15) is 9.59 Å². The second-order valence-electron chi connectivity index (χ2n) is 8.84. The van der Waals surface area contributed by atoms with Crippen LogP contribution in [0.1, 0.15) is 65.2 Å². The van der Waals surface area contributed by atoms with Gasteiger partial charge in [-0.15, -0.1) is 0 Å². The monoisotopic (exact) mass is 523 g/mol. The molecule has 0 saturated heterocycles. The Morgan fingerprint density at radius 1 is 0.838 bits per heavy atom. The molecule has 2 aromatic rings. The largest absolute Gasteiger partial charge is 0.508 e. The van der Waals surface area contributed by atoms with Gasteiger partial charge < -0.3 is 28.6 Å². The zero-order valence-corrected chi connectivity index (χ0v) is 22.5. The Morgan fingerprint density at radius 3 is 1.97 bits per heavy atom. The van der Waals surface area contributed by atoms with E-state index in [4.69, 9.17) is 23.7 Å². The third-order valence-corrected chi connectivity index (χ3v) is 5.46. The van der Waals surface area contributed by atoms with Crippen molar-refractivity contribution in [1.82, 2.24) is 19.5 Å². The highest BCUT2D eigenvalue weighted by Crippen LogP contribution is 2.19. The molecule has 0 radical (unpaired) electrons. The number of carbonyl (C=O) groups excluding carboxylic acids is 2. The summed E-state index contributed by atoms with van der Waals surface area (Å²) in [6.07, 6.45) is 8.60. The lowest BCUT2D eigenvalue weighted by Crippen LogP contribution is -2.30. The highest BCUT2D eigenvalue weighted by Gasteiger charge is 2.19. The minimum atomic E-state index is -0.792. The molecule has 0 unspecified atom stereocenters. The van der Waals surface area contributed by atoms with Gasteiger partial charge in [0, 0.05) is 14.1 Å². The molecule has 0 aliphatic heterocycles. The predicted octanol–water partition coefficient (Wildman–Crippen LogP) is 4.70. The van der Waals surface area contributed by atoms with Crippen LogP contribution in [0.5, 0.6) is 0 Å². The maximum atomic E-state index is 12.0. The summed E-state index contributed by atoms with van der Waals surface area (Å²) in [7, 11) is 3.74. The van der Waals surface area contributed by atoms with Gasteiger partial charge in [0.1, 0.15) is 32.4 Å². The van der Waals surface area contributed by atoms with Crippen LogP contribution in [0, 0.1) is 0 Å². The third kappa shape index (κ3) is 11.2. The van der Waals surface area contributed by atoms with Crippen LogP contribution >= 0.6 is 0 Å². The fraction of sp³-hybridized carbons (Fsp3) is 0.720. The molecule has 0 aliphatic rings. The number of unbranched alkanes of at least 4 members (excludes halogenated alkanes) is 6. The van der Waals surface area contributed by atoms with Gasteiger partial charge in [-0.3, -0.25) is 4.57 Å². The first-order chi connectivity index (χ1) is 18.0. The number of fused-ring (bicyclic) bond motifs is 1. The molecule has 0 spiro atoms. The number of imidazole rings is 1. The lowest BCUT2D eigenvalue weighted by atomic mass is 10.2. The van der Waals surface area contributed by atoms with E-state index in [1.54, 1.807) is 10.9 Å². The molecule has 0 saturated carbocycles. The number of nitrogens with zero attached hydrogens (tertiary/aromatic N) is 5. The molecule has 208 valence electrons. The lowest BCUT2D eigenvalue weighted by molar-refractivity contribution is -0.0712. The average molecular weight is 524 g/mol. The summed E-state index contributed by atoms with van der Waals surface area (Å²) >= 11 is 0. The number of anilines is 1. The summed E-state index contributed by atoms with van der Waals surface area (Å²) in [5, 5.41) is 0. The van der Waals surface area contributed by atoms with Gasteiger partial charge in [0.25, 0.3) is 0 Å². The molecule has 0 fully saturated rings. The summed E-state index contributed by atoms with van der Waals surface area (Å²) in [5.41, 5.74) is 1.20. The van der Waals surface area contributed by atoms with Crippen LogP contribution in [0.15, 0.2) is 12.7 Å². The second-order valence-corrected chi connectivity index (χ2v) is 8.84. The fourth-order valence-corrected chi connectivity index (χ4v) is 3.39. The Hall–Kier alpha value is -3.15. The number of carbonyl (C=O) groups is 2. The maximum absolute atomic E-state index is 12.0. The van der Waals surface area contributed by atoms with Crippen LogP contribution in [0.4, 0.5) is 15.4 Å². The topological polar surface area (TPSA) is 127 Å². The van der Waals surface area contributed by atoms with Crippen LogP contribution in [0.25, 0.3) is 11.2 Å². The molecule has 2 rings (SSSR count). The average Bonchev–Trinajstić information content (AvgIpc) is 3.31. The summed E-state index contributed by atoms with van der Waals surface area (Å²) in [6, 6.07) is 0. The Bertz CT molecular complexity index is 907. The third-order valence-electron chi connectivity index (χ3n) is 5.46. The number of hydrogen-bond acceptors (Lipinski definition) is 11. The van der Waals surface area contributed by atoms with Crippen LogP contribution in [-0.4, -0.2) is 78.5 Å². The molecule has 0 atom stereocenters. The Balaban J connectivity index is 1.90. The molecular formula is C25H41N5O7. The van der Waals surface area contributed by atoms with Gasteiger partial charge in [-0.2, -0.15) is 0 Å². The van der Waals surface area contributed by atoms with Crippen LogP contribution in [-0.2, 0) is 30.4 Å². The van der Waals surface area contributed by atoms with Gasteiger partial charge >= 0.3 is 12.3 Å². The first kappa shape index (κ1) is 30.1. The van der Waals surface area contributed by atoms with Gasteiger partial charge in [-0.1, -0.05) is 52.4 Å². The van der Waals surface area contributed by atoms with Crippen molar-refractivity contribution < 1.29 is 33.3 Å². The molecule has 2 aromatic heterocycles. The van der Waals surface area contributed by atoms with Crippen LogP contribution in [0.3, 0.4) is 0 Å². The molecule has 0 amide bonds. The van der Waals surface area contributed by atoms with Crippen molar-refractivity contribution in [3.63, 3.8) is 0 Å². The molecule has 0 aromatic carbocycles. The smallest absolute Gasteiger partial charge is 0.434 e. The van der Waals surface area contributed by atoms with Gasteiger partial charge in [-0.05, 0) is 12.8 Å². The van der Waals surface area contributed by atoms with Crippen LogP contribution in [0.2, 0.25) is 0 Å². The lowest BCUT2D eigenvalue weighted by Gasteiger charge is -2.18. The van der Waals surface area contributed by atoms with Crippen LogP contribution < -0.4 is 4.90 Å². The summed E-state index contributed by atoms with van der Waals surface area (Å²) in [5.74, 6) is 0.676. The number of ether oxygens (including phenoxy) is 5. The van der Waals surface area contributed by atoms with E-state index < -0.39 is 18.4 Å². The number of aromatic nitrogens is 4. The van der Waals surface area contributed by atoms with E-state index in [2.05, 4.69) is 28.8 Å². The number of hydrogen-bond donors (Lipinski definition) is 0. The summed E-state index contributed by atoms with van der Waals surface area (Å²) in [6.45, 7) is 4.51.